The summed E-state index contributed by atoms with van der Waals surface area (Å²) < 4.78 is 16.2. The van der Waals surface area contributed by atoms with E-state index >= 15 is 0 Å². The van der Waals surface area contributed by atoms with Crippen molar-refractivity contribution < 1.29 is 23.8 Å². The maximum absolute atomic E-state index is 13.8. The van der Waals surface area contributed by atoms with Crippen molar-refractivity contribution in [3.05, 3.63) is 53.1 Å². The molecule has 7 nitrogen and oxygen atoms in total. The highest BCUT2D eigenvalue weighted by Gasteiger charge is 2.45. The first-order valence-corrected chi connectivity index (χ1v) is 10.5. The number of fused-ring (bicyclic) bond motifs is 1. The smallest absolute Gasteiger partial charge is 0.254 e. The fourth-order valence-corrected chi connectivity index (χ4v) is 4.67. The van der Waals surface area contributed by atoms with E-state index in [2.05, 4.69) is 0 Å². The summed E-state index contributed by atoms with van der Waals surface area (Å²) in [6.07, 6.45) is 2.00. The first-order valence-electron chi connectivity index (χ1n) is 10.5. The minimum Gasteiger partial charge on any atom is -0.497 e. The molecule has 0 saturated carbocycles. The van der Waals surface area contributed by atoms with E-state index in [0.29, 0.717) is 22.6 Å². The standard InChI is InChI=1S/C24H28N2O5/c1-25-22(15-7-9-16(29-2)10-8-15)21(24(28)26-11-5-6-12-26)17-13-19(30-3)20(31-4)14-18(17)23(25)27/h7-10,13-14,21-22H,5-6,11-12H2,1-4H3/t21-,22-/m0/s1. The third-order valence-electron chi connectivity index (χ3n) is 6.32. The molecule has 1 fully saturated rings. The zero-order valence-electron chi connectivity index (χ0n) is 18.4. The number of carbonyl (C=O) groups excluding carboxylic acids is 2. The van der Waals surface area contributed by atoms with Gasteiger partial charge in [0.2, 0.25) is 5.91 Å². The second-order valence-corrected chi connectivity index (χ2v) is 7.94. The van der Waals surface area contributed by atoms with Gasteiger partial charge in [0.25, 0.3) is 5.91 Å². The lowest BCUT2D eigenvalue weighted by atomic mass is 9.79. The van der Waals surface area contributed by atoms with E-state index in [9.17, 15) is 9.59 Å². The molecule has 2 heterocycles. The van der Waals surface area contributed by atoms with E-state index in [1.165, 1.54) is 7.11 Å². The van der Waals surface area contributed by atoms with Crippen LogP contribution in [0.3, 0.4) is 0 Å². The molecule has 0 unspecified atom stereocenters. The van der Waals surface area contributed by atoms with Crippen LogP contribution in [0.4, 0.5) is 0 Å². The Hall–Kier alpha value is -3.22. The first kappa shape index (κ1) is 21.0. The number of likely N-dealkylation sites (N-methyl/N-ethyl adjacent to an activating group) is 1. The second kappa shape index (κ2) is 8.49. The summed E-state index contributed by atoms with van der Waals surface area (Å²) in [6, 6.07) is 10.6. The number of nitrogens with zero attached hydrogens (tertiary/aromatic N) is 2. The molecule has 0 spiro atoms. The van der Waals surface area contributed by atoms with Crippen molar-refractivity contribution in [2.75, 3.05) is 41.5 Å². The van der Waals surface area contributed by atoms with Crippen molar-refractivity contribution in [3.63, 3.8) is 0 Å². The van der Waals surface area contributed by atoms with Gasteiger partial charge in [-0.05, 0) is 48.2 Å². The van der Waals surface area contributed by atoms with Crippen molar-refractivity contribution in [3.8, 4) is 17.2 Å². The average molecular weight is 424 g/mol. The lowest BCUT2D eigenvalue weighted by Gasteiger charge is -2.41. The van der Waals surface area contributed by atoms with Gasteiger partial charge in [-0.2, -0.15) is 0 Å². The molecular formula is C24H28N2O5. The number of hydrogen-bond acceptors (Lipinski definition) is 5. The summed E-state index contributed by atoms with van der Waals surface area (Å²) in [6.45, 7) is 1.48. The quantitative estimate of drug-likeness (QED) is 0.737. The summed E-state index contributed by atoms with van der Waals surface area (Å²) in [5.41, 5.74) is 2.04. The van der Waals surface area contributed by atoms with Gasteiger partial charge in [-0.15, -0.1) is 0 Å². The Morgan fingerprint density at radius 3 is 2.13 bits per heavy atom. The number of rotatable bonds is 5. The minimum atomic E-state index is -0.538. The van der Waals surface area contributed by atoms with E-state index in [1.807, 2.05) is 29.2 Å². The predicted molar refractivity (Wildman–Crippen MR) is 116 cm³/mol. The fourth-order valence-electron chi connectivity index (χ4n) is 4.67. The van der Waals surface area contributed by atoms with E-state index in [-0.39, 0.29) is 11.8 Å². The van der Waals surface area contributed by atoms with Gasteiger partial charge in [-0.3, -0.25) is 9.59 Å². The summed E-state index contributed by atoms with van der Waals surface area (Å²) in [5, 5.41) is 0. The highest BCUT2D eigenvalue weighted by atomic mass is 16.5. The average Bonchev–Trinajstić information content (AvgIpc) is 3.35. The van der Waals surface area contributed by atoms with Crippen LogP contribution in [0, 0.1) is 0 Å². The molecule has 2 aliphatic rings. The van der Waals surface area contributed by atoms with Crippen LogP contribution in [0.25, 0.3) is 0 Å². The fraction of sp³-hybridized carbons (Fsp3) is 0.417. The van der Waals surface area contributed by atoms with Crippen molar-refractivity contribution in [1.82, 2.24) is 9.80 Å². The molecule has 1 saturated heterocycles. The Morgan fingerprint density at radius 1 is 0.935 bits per heavy atom. The van der Waals surface area contributed by atoms with Gasteiger partial charge in [0, 0.05) is 25.7 Å². The van der Waals surface area contributed by atoms with Crippen LogP contribution < -0.4 is 14.2 Å². The van der Waals surface area contributed by atoms with Crippen LogP contribution in [0.15, 0.2) is 36.4 Å². The van der Waals surface area contributed by atoms with Gasteiger partial charge in [0.05, 0.1) is 33.3 Å². The number of hydrogen-bond donors (Lipinski definition) is 0. The number of likely N-dealkylation sites (tertiary alicyclic amines) is 1. The van der Waals surface area contributed by atoms with Gasteiger partial charge < -0.3 is 24.0 Å². The molecule has 0 aliphatic carbocycles. The third kappa shape index (κ3) is 3.58. The van der Waals surface area contributed by atoms with E-state index in [4.69, 9.17) is 14.2 Å². The molecule has 2 aromatic rings. The maximum Gasteiger partial charge on any atom is 0.254 e. The van der Waals surface area contributed by atoms with Crippen molar-refractivity contribution >= 4 is 11.8 Å². The molecule has 2 atom stereocenters. The minimum absolute atomic E-state index is 0.0335. The normalized spacial score (nSPS) is 20.5. The maximum atomic E-state index is 13.8. The monoisotopic (exact) mass is 424 g/mol. The molecule has 7 heteroatoms. The van der Waals surface area contributed by atoms with Gasteiger partial charge in [0.15, 0.2) is 11.5 Å². The van der Waals surface area contributed by atoms with Crippen LogP contribution >= 0.6 is 0 Å². The molecule has 2 aromatic carbocycles. The highest BCUT2D eigenvalue weighted by molar-refractivity contribution is 6.02. The molecule has 0 aromatic heterocycles. The molecule has 0 radical (unpaired) electrons. The number of amides is 2. The number of methoxy groups -OCH3 is 3. The first-order chi connectivity index (χ1) is 15.0. The summed E-state index contributed by atoms with van der Waals surface area (Å²) in [5.74, 6) is 1.05. The lowest BCUT2D eigenvalue weighted by Crippen LogP contribution is -2.46. The van der Waals surface area contributed by atoms with Gasteiger partial charge in [-0.25, -0.2) is 0 Å². The van der Waals surface area contributed by atoms with Gasteiger partial charge >= 0.3 is 0 Å². The largest absolute Gasteiger partial charge is 0.497 e. The third-order valence-corrected chi connectivity index (χ3v) is 6.32. The molecule has 2 aliphatic heterocycles. The predicted octanol–water partition coefficient (Wildman–Crippen LogP) is 3.25. The van der Waals surface area contributed by atoms with Crippen LogP contribution in [0.2, 0.25) is 0 Å². The van der Waals surface area contributed by atoms with Crippen LogP contribution in [-0.2, 0) is 4.79 Å². The zero-order chi connectivity index (χ0) is 22.1. The summed E-state index contributed by atoms with van der Waals surface area (Å²) in [4.78, 5) is 30.7. The van der Waals surface area contributed by atoms with Crippen molar-refractivity contribution in [2.24, 2.45) is 0 Å². The SMILES string of the molecule is COc1ccc([C@H]2[C@@H](C(=O)N3CCCC3)c3cc(OC)c(OC)cc3C(=O)N2C)cc1. The topological polar surface area (TPSA) is 68.3 Å². The highest BCUT2D eigenvalue weighted by Crippen LogP contribution is 2.46. The Morgan fingerprint density at radius 2 is 1.55 bits per heavy atom. The Bertz CT molecular complexity index is 982. The molecule has 164 valence electrons. The molecule has 4 rings (SSSR count). The van der Waals surface area contributed by atoms with Crippen molar-refractivity contribution in [1.29, 1.82) is 0 Å². The van der Waals surface area contributed by atoms with Gasteiger partial charge in [0.1, 0.15) is 5.75 Å². The number of carbonyl (C=O) groups is 2. The molecule has 0 bridgehead atoms. The van der Waals surface area contributed by atoms with Crippen molar-refractivity contribution in [2.45, 2.75) is 24.8 Å². The summed E-state index contributed by atoms with van der Waals surface area (Å²) >= 11 is 0. The number of ether oxygens (including phenoxy) is 3. The molecule has 31 heavy (non-hydrogen) atoms. The second-order valence-electron chi connectivity index (χ2n) is 7.94. The van der Waals surface area contributed by atoms with Gasteiger partial charge in [-0.1, -0.05) is 12.1 Å². The lowest BCUT2D eigenvalue weighted by molar-refractivity contribution is -0.133. The van der Waals surface area contributed by atoms with E-state index in [1.54, 1.807) is 38.3 Å². The molecule has 2 amide bonds. The van der Waals surface area contributed by atoms with Crippen LogP contribution in [0.1, 0.15) is 46.3 Å². The van der Waals surface area contributed by atoms with Crippen LogP contribution in [-0.4, -0.2) is 63.1 Å². The molecule has 0 N–H and O–H groups in total. The van der Waals surface area contributed by atoms with E-state index < -0.39 is 12.0 Å². The summed E-state index contributed by atoms with van der Waals surface area (Å²) in [7, 11) is 6.45. The van der Waals surface area contributed by atoms with E-state index in [0.717, 1.165) is 37.2 Å². The van der Waals surface area contributed by atoms with Crippen LogP contribution in [0.5, 0.6) is 17.2 Å². The Kier molecular flexibility index (Phi) is 5.76. The Balaban J connectivity index is 1.89. The Labute approximate surface area is 182 Å². The number of benzene rings is 2. The molecular weight excluding hydrogens is 396 g/mol. The zero-order valence-corrected chi connectivity index (χ0v) is 18.4.